The number of rotatable bonds is 55. The number of amides is 1. The Labute approximate surface area is 446 Å². The van der Waals surface area contributed by atoms with Gasteiger partial charge in [0.05, 0.1) is 39.9 Å². The van der Waals surface area contributed by atoms with Gasteiger partial charge in [-0.05, 0) is 77.6 Å². The van der Waals surface area contributed by atoms with E-state index in [2.05, 4.69) is 73.0 Å². The summed E-state index contributed by atoms with van der Waals surface area (Å²) in [6, 6.07) is -0.868. The number of quaternary nitrogens is 1. The number of carbonyl (C=O) groups excluding carboxylic acids is 1. The summed E-state index contributed by atoms with van der Waals surface area (Å²) < 4.78 is 23.5. The van der Waals surface area contributed by atoms with Crippen LogP contribution in [0.5, 0.6) is 0 Å². The molecular weight excluding hydrogens is 912 g/mol. The fourth-order valence-electron chi connectivity index (χ4n) is 8.74. The monoisotopic (exact) mass is 1030 g/mol. The maximum absolute atomic E-state index is 12.9. The fraction of sp³-hybridized carbons (Fsp3) is 0.794. The third-order valence-corrected chi connectivity index (χ3v) is 14.5. The van der Waals surface area contributed by atoms with Gasteiger partial charge in [-0.1, -0.05) is 260 Å². The quantitative estimate of drug-likeness (QED) is 0.0243. The minimum Gasteiger partial charge on any atom is -0.387 e. The van der Waals surface area contributed by atoms with Gasteiger partial charge >= 0.3 is 7.82 Å². The van der Waals surface area contributed by atoms with E-state index in [-0.39, 0.29) is 19.1 Å². The number of unbranched alkanes of at least 4 members (excludes halogenated alkanes) is 33. The second-order valence-corrected chi connectivity index (χ2v) is 23.2. The average molecular weight is 1030 g/mol. The van der Waals surface area contributed by atoms with Crippen LogP contribution in [0, 0.1) is 0 Å². The van der Waals surface area contributed by atoms with Crippen LogP contribution in [0.25, 0.3) is 0 Å². The highest BCUT2D eigenvalue weighted by Crippen LogP contribution is 2.43. The molecule has 72 heavy (non-hydrogen) atoms. The standard InChI is InChI=1S/C63H117N2O6P/c1-6-8-10-12-14-16-17-18-19-20-21-22-23-24-25-26-27-28-29-30-31-32-33-34-35-36-37-38-39-40-41-42-43-44-45-46-47-49-51-53-55-57-63(67)64-61(60-71-72(68,69)70-59-58-65(3,4)5)62(66)56-54-52-50-48-15-13-11-9-7-2/h7,9,15,17-18,20-21,23-24,48,54,56,61-62,66H,6,8,10-14,16,19,22,25-47,49-53,55,57-60H2,1-5H3,(H-,64,67,68,69)/p+1/b9-7+,18-17-,21-20-,24-23-,48-15+,56-54+. The van der Waals surface area contributed by atoms with E-state index in [0.29, 0.717) is 17.4 Å². The van der Waals surface area contributed by atoms with Gasteiger partial charge in [-0.3, -0.25) is 13.8 Å². The first-order valence-electron chi connectivity index (χ1n) is 30.3. The topological polar surface area (TPSA) is 105 Å². The molecular formula is C63H118N2O6P+. The predicted molar refractivity (Wildman–Crippen MR) is 313 cm³/mol. The highest BCUT2D eigenvalue weighted by atomic mass is 31.2. The first-order valence-corrected chi connectivity index (χ1v) is 31.8. The normalized spacial score (nSPS) is 14.4. The lowest BCUT2D eigenvalue weighted by atomic mass is 10.0. The maximum Gasteiger partial charge on any atom is 0.472 e. The van der Waals surface area contributed by atoms with E-state index in [0.717, 1.165) is 57.8 Å². The van der Waals surface area contributed by atoms with Crippen LogP contribution in [0.15, 0.2) is 72.9 Å². The molecule has 1 amide bonds. The van der Waals surface area contributed by atoms with Gasteiger partial charge in [-0.2, -0.15) is 0 Å². The minimum atomic E-state index is -4.35. The molecule has 0 aliphatic heterocycles. The lowest BCUT2D eigenvalue weighted by molar-refractivity contribution is -0.870. The van der Waals surface area contributed by atoms with Gasteiger partial charge in [0.15, 0.2) is 0 Å². The second-order valence-electron chi connectivity index (χ2n) is 21.7. The molecule has 3 atom stereocenters. The molecule has 0 aromatic carbocycles. The number of nitrogens with one attached hydrogen (secondary N) is 1. The van der Waals surface area contributed by atoms with Crippen molar-refractivity contribution in [2.24, 2.45) is 0 Å². The van der Waals surface area contributed by atoms with Crippen LogP contribution in [0.4, 0.5) is 0 Å². The summed E-state index contributed by atoms with van der Waals surface area (Å²) in [4.78, 5) is 23.2. The first-order chi connectivity index (χ1) is 35.0. The van der Waals surface area contributed by atoms with Gasteiger partial charge in [0.2, 0.25) is 5.91 Å². The Balaban J connectivity index is 3.78. The molecule has 420 valence electrons. The minimum absolute atomic E-state index is 0.0525. The number of nitrogens with zero attached hydrogens (tertiary/aromatic N) is 1. The van der Waals surface area contributed by atoms with Crippen molar-refractivity contribution in [1.29, 1.82) is 0 Å². The summed E-state index contributed by atoms with van der Waals surface area (Å²) in [6.07, 6.45) is 75.1. The van der Waals surface area contributed by atoms with Crippen LogP contribution in [0.2, 0.25) is 0 Å². The van der Waals surface area contributed by atoms with E-state index in [4.69, 9.17) is 9.05 Å². The molecule has 0 aliphatic carbocycles. The zero-order valence-corrected chi connectivity index (χ0v) is 48.8. The van der Waals surface area contributed by atoms with Crippen LogP contribution in [0.1, 0.15) is 271 Å². The Kier molecular flexibility index (Phi) is 52.2. The Bertz CT molecular complexity index is 1400. The number of phosphoric acid groups is 1. The van der Waals surface area contributed by atoms with Crippen molar-refractivity contribution in [2.75, 3.05) is 40.9 Å². The average Bonchev–Trinajstić information content (AvgIpc) is 3.34. The molecule has 0 aliphatic rings. The molecule has 0 rings (SSSR count). The molecule has 3 unspecified atom stereocenters. The number of phosphoric ester groups is 1. The van der Waals surface area contributed by atoms with Crippen molar-refractivity contribution in [2.45, 2.75) is 283 Å². The molecule has 0 radical (unpaired) electrons. The molecule has 0 heterocycles. The Morgan fingerprint density at radius 2 is 0.861 bits per heavy atom. The molecule has 9 heteroatoms. The predicted octanol–water partition coefficient (Wildman–Crippen LogP) is 18.7. The molecule has 8 nitrogen and oxygen atoms in total. The van der Waals surface area contributed by atoms with Crippen molar-refractivity contribution in [3.05, 3.63) is 72.9 Å². The molecule has 0 bridgehead atoms. The third-order valence-electron chi connectivity index (χ3n) is 13.5. The molecule has 3 N–H and O–H groups in total. The molecule has 0 aromatic heterocycles. The van der Waals surface area contributed by atoms with E-state index in [1.54, 1.807) is 6.08 Å². The lowest BCUT2D eigenvalue weighted by Crippen LogP contribution is -2.45. The number of hydrogen-bond acceptors (Lipinski definition) is 5. The van der Waals surface area contributed by atoms with Gasteiger partial charge in [0.25, 0.3) is 0 Å². The van der Waals surface area contributed by atoms with Crippen LogP contribution < -0.4 is 5.32 Å². The van der Waals surface area contributed by atoms with E-state index in [1.807, 2.05) is 34.1 Å². The SMILES string of the molecule is C/C=C/CC/C=C/CC/C=C/C(O)C(COP(=O)(O)OCC[N+](C)(C)C)NC(=O)CCCCCCCCCCCCCCCCCCCCCCCCCCCC/C=C\C/C=C\C/C=C\CCCCCCC. The van der Waals surface area contributed by atoms with Crippen LogP contribution >= 0.6 is 7.82 Å². The van der Waals surface area contributed by atoms with Crippen LogP contribution in [0.3, 0.4) is 0 Å². The van der Waals surface area contributed by atoms with Gasteiger partial charge in [0, 0.05) is 6.42 Å². The van der Waals surface area contributed by atoms with Crippen LogP contribution in [-0.2, 0) is 18.4 Å². The lowest BCUT2D eigenvalue weighted by Gasteiger charge is -2.25. The molecule has 0 aromatic rings. The Morgan fingerprint density at radius 3 is 1.28 bits per heavy atom. The summed E-state index contributed by atoms with van der Waals surface area (Å²) >= 11 is 0. The van der Waals surface area contributed by atoms with Gasteiger partial charge in [-0.15, -0.1) is 0 Å². The number of hydrogen-bond donors (Lipinski definition) is 3. The molecule has 0 saturated carbocycles. The summed E-state index contributed by atoms with van der Waals surface area (Å²) in [7, 11) is 1.54. The largest absolute Gasteiger partial charge is 0.472 e. The highest BCUT2D eigenvalue weighted by molar-refractivity contribution is 7.47. The van der Waals surface area contributed by atoms with Gasteiger partial charge < -0.3 is 19.8 Å². The molecule has 0 saturated heterocycles. The zero-order valence-electron chi connectivity index (χ0n) is 47.9. The summed E-state index contributed by atoms with van der Waals surface area (Å²) in [5, 5.41) is 13.8. The smallest absolute Gasteiger partial charge is 0.387 e. The van der Waals surface area contributed by atoms with Gasteiger partial charge in [0.1, 0.15) is 13.2 Å². The van der Waals surface area contributed by atoms with E-state index in [9.17, 15) is 19.4 Å². The highest BCUT2D eigenvalue weighted by Gasteiger charge is 2.27. The van der Waals surface area contributed by atoms with E-state index in [1.165, 1.54) is 193 Å². The van der Waals surface area contributed by atoms with Crippen molar-refractivity contribution in [1.82, 2.24) is 5.32 Å². The molecule has 0 spiro atoms. The van der Waals surface area contributed by atoms with Gasteiger partial charge in [-0.25, -0.2) is 4.57 Å². The van der Waals surface area contributed by atoms with Crippen molar-refractivity contribution >= 4 is 13.7 Å². The third kappa shape index (κ3) is 55.7. The number of aliphatic hydroxyl groups is 1. The summed E-state index contributed by atoms with van der Waals surface area (Å²) in [5.74, 6) is -0.192. The first kappa shape index (κ1) is 69.9. The number of allylic oxidation sites excluding steroid dienone is 11. The van der Waals surface area contributed by atoms with E-state index >= 15 is 0 Å². The number of aliphatic hydroxyl groups excluding tert-OH is 1. The van der Waals surface area contributed by atoms with Crippen molar-refractivity contribution in [3.63, 3.8) is 0 Å². The van der Waals surface area contributed by atoms with E-state index < -0.39 is 20.0 Å². The number of carbonyl (C=O) groups is 1. The fourth-order valence-corrected chi connectivity index (χ4v) is 9.47. The maximum atomic E-state index is 12.9. The van der Waals surface area contributed by atoms with Crippen molar-refractivity contribution < 1.29 is 32.9 Å². The number of likely N-dealkylation sites (N-methyl/N-ethyl adjacent to an activating group) is 1. The summed E-state index contributed by atoms with van der Waals surface area (Å²) in [5.41, 5.74) is 0. The molecule has 0 fully saturated rings. The second kappa shape index (κ2) is 53.8. The summed E-state index contributed by atoms with van der Waals surface area (Å²) in [6.45, 7) is 4.54. The van der Waals surface area contributed by atoms with Crippen LogP contribution in [-0.4, -0.2) is 73.4 Å². The Morgan fingerprint density at radius 1 is 0.500 bits per heavy atom. The zero-order chi connectivity index (χ0) is 52.7. The Hall–Kier alpha value is -2.06. The van der Waals surface area contributed by atoms with Crippen molar-refractivity contribution in [3.8, 4) is 0 Å².